The normalized spacial score (nSPS) is 16.0. The Kier molecular flexibility index (Phi) is 1.73. The molecule has 0 saturated carbocycles. The monoisotopic (exact) mass is 354 g/mol. The SMILES string of the molecule is [2H]c1ccc2c(c1[2H])c1c([2H])c([2H])c3c4c([2H])c([2H])c([2H])c([2H])c4n(-c4ccccc4)c3c1n2C. The van der Waals surface area contributed by atoms with Crippen molar-refractivity contribution in [2.75, 3.05) is 0 Å². The molecule has 6 rings (SSSR count). The fourth-order valence-electron chi connectivity index (χ4n) is 3.96. The third kappa shape index (κ3) is 1.85. The maximum Gasteiger partial charge on any atom is 0.0785 e. The van der Waals surface area contributed by atoms with Gasteiger partial charge in [0.2, 0.25) is 0 Å². The highest BCUT2D eigenvalue weighted by Gasteiger charge is 2.18. The summed E-state index contributed by atoms with van der Waals surface area (Å²) in [6.45, 7) is 0. The second-order valence-corrected chi connectivity index (χ2v) is 6.51. The number of fused-ring (bicyclic) bond motifs is 7. The molecule has 0 radical (unpaired) electrons. The molecule has 0 spiro atoms. The quantitative estimate of drug-likeness (QED) is 0.322. The summed E-state index contributed by atoms with van der Waals surface area (Å²) < 4.78 is 72.0. The van der Waals surface area contributed by atoms with Crippen molar-refractivity contribution in [1.29, 1.82) is 0 Å². The van der Waals surface area contributed by atoms with Crippen molar-refractivity contribution in [3.8, 4) is 5.69 Å². The second kappa shape index (κ2) is 5.24. The first-order valence-electron chi connectivity index (χ1n) is 12.6. The predicted molar refractivity (Wildman–Crippen MR) is 115 cm³/mol. The first-order valence-corrected chi connectivity index (χ1v) is 8.64. The summed E-state index contributed by atoms with van der Waals surface area (Å²) in [6, 6.07) is 10.8. The summed E-state index contributed by atoms with van der Waals surface area (Å²) >= 11 is 0. The van der Waals surface area contributed by atoms with Crippen LogP contribution in [-0.4, -0.2) is 9.13 Å². The molecule has 128 valence electrons. The summed E-state index contributed by atoms with van der Waals surface area (Å²) in [5.41, 5.74) is 2.51. The summed E-state index contributed by atoms with van der Waals surface area (Å²) in [5.74, 6) is 0. The van der Waals surface area contributed by atoms with E-state index in [1.54, 1.807) is 17.7 Å². The third-order valence-corrected chi connectivity index (χ3v) is 5.11. The van der Waals surface area contributed by atoms with Crippen LogP contribution in [0.1, 0.15) is 11.0 Å². The highest BCUT2D eigenvalue weighted by molar-refractivity contribution is 6.23. The summed E-state index contributed by atoms with van der Waals surface area (Å²) in [4.78, 5) is 0. The molecule has 27 heavy (non-hydrogen) atoms. The summed E-state index contributed by atoms with van der Waals surface area (Å²) in [6.07, 6.45) is 0. The second-order valence-electron chi connectivity index (χ2n) is 6.51. The molecule has 2 nitrogen and oxygen atoms in total. The van der Waals surface area contributed by atoms with Crippen LogP contribution in [0, 0.1) is 0 Å². The fraction of sp³-hybridized carbons (Fsp3) is 0.0400. The van der Waals surface area contributed by atoms with Gasteiger partial charge in [-0.15, -0.1) is 0 Å². The highest BCUT2D eigenvalue weighted by Crippen LogP contribution is 2.39. The van der Waals surface area contributed by atoms with Crippen molar-refractivity contribution < 1.29 is 11.0 Å². The van der Waals surface area contributed by atoms with E-state index in [1.807, 2.05) is 34.9 Å². The van der Waals surface area contributed by atoms with Crippen LogP contribution in [0.25, 0.3) is 49.3 Å². The van der Waals surface area contributed by atoms with Gasteiger partial charge in [0.15, 0.2) is 0 Å². The van der Waals surface area contributed by atoms with Crippen molar-refractivity contribution in [3.63, 3.8) is 0 Å². The van der Waals surface area contributed by atoms with E-state index in [2.05, 4.69) is 0 Å². The molecule has 2 aromatic heterocycles. The Labute approximate surface area is 168 Å². The Hall–Kier alpha value is -3.52. The molecule has 0 saturated heterocycles. The van der Waals surface area contributed by atoms with Gasteiger partial charge in [-0.05, 0) is 24.2 Å². The van der Waals surface area contributed by atoms with Crippen molar-refractivity contribution in [2.24, 2.45) is 7.05 Å². The van der Waals surface area contributed by atoms with Gasteiger partial charge >= 0.3 is 0 Å². The van der Waals surface area contributed by atoms with Crippen molar-refractivity contribution in [1.82, 2.24) is 9.13 Å². The van der Waals surface area contributed by atoms with Gasteiger partial charge in [0.1, 0.15) is 0 Å². The van der Waals surface area contributed by atoms with E-state index < -0.39 is 6.04 Å². The zero-order valence-electron chi connectivity index (χ0n) is 22.4. The van der Waals surface area contributed by atoms with Gasteiger partial charge in [0, 0.05) is 39.8 Å². The molecule has 2 heteroatoms. The highest BCUT2D eigenvalue weighted by atomic mass is 15.0. The van der Waals surface area contributed by atoms with E-state index in [-0.39, 0.29) is 58.6 Å². The summed E-state index contributed by atoms with van der Waals surface area (Å²) in [5, 5.41) is 1.21. The molecule has 0 N–H and O–H groups in total. The van der Waals surface area contributed by atoms with Crippen LogP contribution >= 0.6 is 0 Å². The Bertz CT molecular complexity index is 1880. The molecule has 0 unspecified atom stereocenters. The van der Waals surface area contributed by atoms with Crippen molar-refractivity contribution in [2.45, 2.75) is 0 Å². The predicted octanol–water partition coefficient (Wildman–Crippen LogP) is 6.43. The van der Waals surface area contributed by atoms with E-state index in [9.17, 15) is 0 Å². The minimum Gasteiger partial charge on any atom is -0.342 e. The minimum atomic E-state index is -0.398. The van der Waals surface area contributed by atoms with Crippen LogP contribution in [0.15, 0.2) is 90.8 Å². The van der Waals surface area contributed by atoms with Crippen LogP contribution < -0.4 is 0 Å². The molecule has 6 aromatic rings. The maximum atomic E-state index is 8.96. The Balaban J connectivity index is 2.07. The first-order chi connectivity index (χ1) is 16.7. The topological polar surface area (TPSA) is 9.86 Å². The smallest absolute Gasteiger partial charge is 0.0785 e. The zero-order chi connectivity index (χ0) is 24.9. The third-order valence-electron chi connectivity index (χ3n) is 5.11. The minimum absolute atomic E-state index is 0.0132. The molecular formula is C25H18N2. The number of hydrogen-bond donors (Lipinski definition) is 0. The van der Waals surface area contributed by atoms with E-state index in [4.69, 9.17) is 11.0 Å². The van der Waals surface area contributed by atoms with Crippen LogP contribution in [-0.2, 0) is 7.05 Å². The lowest BCUT2D eigenvalue weighted by molar-refractivity contribution is 1.01. The van der Waals surface area contributed by atoms with E-state index >= 15 is 0 Å². The number of rotatable bonds is 1. The fourth-order valence-corrected chi connectivity index (χ4v) is 3.96. The molecule has 0 fully saturated rings. The molecule has 0 aliphatic carbocycles. The zero-order valence-corrected chi connectivity index (χ0v) is 14.4. The average Bonchev–Trinajstić information content (AvgIpc) is 3.36. The molecule has 2 heterocycles. The number of aryl methyl sites for hydroxylation is 1. The average molecular weight is 354 g/mol. The van der Waals surface area contributed by atoms with Gasteiger partial charge in [-0.3, -0.25) is 0 Å². The van der Waals surface area contributed by atoms with Crippen LogP contribution in [0.5, 0.6) is 0 Å². The van der Waals surface area contributed by atoms with Crippen LogP contribution in [0.4, 0.5) is 0 Å². The maximum absolute atomic E-state index is 8.96. The van der Waals surface area contributed by atoms with Gasteiger partial charge < -0.3 is 9.13 Å². The number of aromatic nitrogens is 2. The number of hydrogen-bond acceptors (Lipinski definition) is 0. The van der Waals surface area contributed by atoms with Gasteiger partial charge in [0.05, 0.1) is 27.5 Å². The molecule has 4 aromatic carbocycles. The lowest BCUT2D eigenvalue weighted by atomic mass is 10.1. The lowest BCUT2D eigenvalue weighted by Crippen LogP contribution is -1.96. The Morgan fingerprint density at radius 3 is 2.19 bits per heavy atom. The van der Waals surface area contributed by atoms with Crippen LogP contribution in [0.2, 0.25) is 0 Å². The largest absolute Gasteiger partial charge is 0.342 e. The van der Waals surface area contributed by atoms with Gasteiger partial charge in [0.25, 0.3) is 0 Å². The molecular weight excluding hydrogens is 328 g/mol. The van der Waals surface area contributed by atoms with Crippen LogP contribution in [0.3, 0.4) is 0 Å². The Morgan fingerprint density at radius 1 is 0.630 bits per heavy atom. The summed E-state index contributed by atoms with van der Waals surface area (Å²) in [7, 11) is 1.79. The first kappa shape index (κ1) is 8.92. The number of para-hydroxylation sites is 3. The van der Waals surface area contributed by atoms with Crippen molar-refractivity contribution in [3.05, 3.63) is 90.8 Å². The molecule has 0 aliphatic rings. The van der Waals surface area contributed by atoms with E-state index in [1.165, 1.54) is 6.07 Å². The molecule has 0 bridgehead atoms. The molecule has 0 atom stereocenters. The van der Waals surface area contributed by atoms with Gasteiger partial charge in [-0.2, -0.15) is 0 Å². The van der Waals surface area contributed by atoms with Crippen molar-refractivity contribution >= 4 is 43.6 Å². The standard InChI is InChI=1S/C25H18N2/c1-26-22-13-7-5-11-18(22)20-15-16-21-19-12-6-8-14-23(19)27(25(21)24(20)26)17-9-3-2-4-10-17/h2-16H,1H3/i5D,6D,8D,11D,12D,14D,15D,16D. The van der Waals surface area contributed by atoms with E-state index in [0.29, 0.717) is 33.0 Å². The number of nitrogens with zero attached hydrogens (tertiary/aromatic N) is 2. The van der Waals surface area contributed by atoms with Gasteiger partial charge in [-0.1, -0.05) is 66.6 Å². The Morgan fingerprint density at radius 2 is 1.33 bits per heavy atom. The molecule has 0 aliphatic heterocycles. The molecule has 0 amide bonds. The number of benzene rings is 4. The van der Waals surface area contributed by atoms with Gasteiger partial charge in [-0.25, -0.2) is 0 Å². The van der Waals surface area contributed by atoms with E-state index in [0.717, 1.165) is 0 Å². The lowest BCUT2D eigenvalue weighted by Gasteiger charge is -2.09.